The van der Waals surface area contributed by atoms with Crippen LogP contribution in [0.4, 0.5) is 15.8 Å². The molecule has 1 saturated heterocycles. The van der Waals surface area contributed by atoms with E-state index in [2.05, 4.69) is 10.2 Å². The Morgan fingerprint density at radius 3 is 2.46 bits per heavy atom. The monoisotopic (exact) mass is 425 g/mol. The van der Waals surface area contributed by atoms with E-state index >= 15 is 0 Å². The molecule has 0 unspecified atom stereocenters. The van der Waals surface area contributed by atoms with Gasteiger partial charge >= 0.3 is 0 Å². The first-order chi connectivity index (χ1) is 13.3. The first-order valence-electron chi connectivity index (χ1n) is 8.83. The number of amides is 1. The molecule has 28 heavy (non-hydrogen) atoms. The number of halogens is 2. The molecule has 6 nitrogen and oxygen atoms in total. The summed E-state index contributed by atoms with van der Waals surface area (Å²) in [5.74, 6) is -1.02. The van der Waals surface area contributed by atoms with E-state index < -0.39 is 21.7 Å². The molecule has 2 aromatic rings. The molecule has 1 heterocycles. The number of carbonyl (C=O) groups is 1. The van der Waals surface area contributed by atoms with Crippen molar-refractivity contribution < 1.29 is 17.6 Å². The van der Waals surface area contributed by atoms with Gasteiger partial charge in [-0.3, -0.25) is 4.79 Å². The minimum Gasteiger partial charge on any atom is -0.370 e. The first-order valence-corrected chi connectivity index (χ1v) is 10.7. The van der Waals surface area contributed by atoms with Crippen molar-refractivity contribution >= 4 is 38.9 Å². The molecule has 0 radical (unpaired) electrons. The van der Waals surface area contributed by atoms with Crippen molar-refractivity contribution in [1.82, 2.24) is 4.31 Å². The van der Waals surface area contributed by atoms with Gasteiger partial charge in [0.2, 0.25) is 15.9 Å². The lowest BCUT2D eigenvalue weighted by Crippen LogP contribution is -2.35. The maximum Gasteiger partial charge on any atom is 0.243 e. The van der Waals surface area contributed by atoms with Gasteiger partial charge in [0.05, 0.1) is 22.8 Å². The topological polar surface area (TPSA) is 69.7 Å². The summed E-state index contributed by atoms with van der Waals surface area (Å²) in [6.07, 6.45) is 2.16. The second kappa shape index (κ2) is 8.46. The van der Waals surface area contributed by atoms with E-state index in [1.807, 2.05) is 6.07 Å². The van der Waals surface area contributed by atoms with Crippen molar-refractivity contribution in [2.24, 2.45) is 0 Å². The van der Waals surface area contributed by atoms with Crippen molar-refractivity contribution in [3.8, 4) is 0 Å². The van der Waals surface area contributed by atoms with Crippen LogP contribution in [-0.4, -0.2) is 45.3 Å². The van der Waals surface area contributed by atoms with Crippen molar-refractivity contribution in [3.05, 3.63) is 53.3 Å². The molecular weight excluding hydrogens is 405 g/mol. The van der Waals surface area contributed by atoms with Gasteiger partial charge in [-0.25, -0.2) is 12.8 Å². The minimum absolute atomic E-state index is 0.0790. The van der Waals surface area contributed by atoms with E-state index in [1.54, 1.807) is 12.1 Å². The highest BCUT2D eigenvalue weighted by Gasteiger charge is 2.24. The summed E-state index contributed by atoms with van der Waals surface area (Å²) in [5.41, 5.74) is 1.41. The molecule has 0 aromatic heterocycles. The van der Waals surface area contributed by atoms with Gasteiger partial charge < -0.3 is 10.2 Å². The highest BCUT2D eigenvalue weighted by Crippen LogP contribution is 2.31. The SMILES string of the molecule is CN(CC(=O)Nc1cc(Cl)ccc1N1CCCC1)S(=O)(=O)c1ccc(F)cc1. The average Bonchev–Trinajstić information content (AvgIpc) is 3.16. The zero-order chi connectivity index (χ0) is 20.3. The molecule has 1 N–H and O–H groups in total. The maximum absolute atomic E-state index is 13.0. The fourth-order valence-electron chi connectivity index (χ4n) is 3.11. The van der Waals surface area contributed by atoms with Crippen LogP contribution in [0, 0.1) is 5.82 Å². The summed E-state index contributed by atoms with van der Waals surface area (Å²) in [5, 5.41) is 3.24. The molecule has 1 amide bonds. The van der Waals surface area contributed by atoms with Gasteiger partial charge in [0.15, 0.2) is 0 Å². The van der Waals surface area contributed by atoms with Gasteiger partial charge in [-0.05, 0) is 55.3 Å². The Kier molecular flexibility index (Phi) is 6.22. The first kappa shape index (κ1) is 20.6. The lowest BCUT2D eigenvalue weighted by atomic mass is 10.2. The maximum atomic E-state index is 13.0. The van der Waals surface area contributed by atoms with Crippen LogP contribution >= 0.6 is 11.6 Å². The predicted octanol–water partition coefficient (Wildman–Crippen LogP) is 3.34. The molecule has 3 rings (SSSR count). The third-order valence-corrected chi connectivity index (χ3v) is 6.62. The van der Waals surface area contributed by atoms with Crippen LogP contribution in [-0.2, 0) is 14.8 Å². The van der Waals surface area contributed by atoms with Crippen LogP contribution in [0.15, 0.2) is 47.4 Å². The van der Waals surface area contributed by atoms with Crippen molar-refractivity contribution in [2.45, 2.75) is 17.7 Å². The van der Waals surface area contributed by atoms with E-state index in [0.29, 0.717) is 10.7 Å². The largest absolute Gasteiger partial charge is 0.370 e. The smallest absolute Gasteiger partial charge is 0.243 e. The van der Waals surface area contributed by atoms with Crippen LogP contribution in [0.5, 0.6) is 0 Å². The molecule has 0 aliphatic carbocycles. The molecule has 0 spiro atoms. The van der Waals surface area contributed by atoms with E-state index in [4.69, 9.17) is 11.6 Å². The van der Waals surface area contributed by atoms with Gasteiger partial charge in [-0.2, -0.15) is 4.31 Å². The minimum atomic E-state index is -3.91. The van der Waals surface area contributed by atoms with Crippen molar-refractivity contribution in [1.29, 1.82) is 0 Å². The summed E-state index contributed by atoms with van der Waals surface area (Å²) in [4.78, 5) is 14.6. The Hall–Kier alpha value is -2.16. The van der Waals surface area contributed by atoms with E-state index in [0.717, 1.165) is 48.1 Å². The number of nitrogens with zero attached hydrogens (tertiary/aromatic N) is 2. The summed E-state index contributed by atoms with van der Waals surface area (Å²) in [6, 6.07) is 9.73. The Morgan fingerprint density at radius 1 is 1.18 bits per heavy atom. The molecule has 150 valence electrons. The zero-order valence-electron chi connectivity index (χ0n) is 15.4. The van der Waals surface area contributed by atoms with Gasteiger partial charge in [0.25, 0.3) is 0 Å². The lowest BCUT2D eigenvalue weighted by molar-refractivity contribution is -0.116. The number of rotatable bonds is 6. The number of carbonyl (C=O) groups excluding carboxylic acids is 1. The number of nitrogens with one attached hydrogen (secondary N) is 1. The molecule has 1 aliphatic heterocycles. The molecule has 0 saturated carbocycles. The Bertz CT molecular complexity index is 961. The molecule has 0 atom stereocenters. The van der Waals surface area contributed by atoms with Crippen molar-refractivity contribution in [2.75, 3.05) is 36.9 Å². The highest BCUT2D eigenvalue weighted by atomic mass is 35.5. The van der Waals surface area contributed by atoms with Crippen LogP contribution < -0.4 is 10.2 Å². The van der Waals surface area contributed by atoms with Crippen LogP contribution in [0.1, 0.15) is 12.8 Å². The molecule has 0 bridgehead atoms. The molecule has 1 aliphatic rings. The van der Waals surface area contributed by atoms with Crippen LogP contribution in [0.3, 0.4) is 0 Å². The Labute approximate surface area is 168 Å². The zero-order valence-corrected chi connectivity index (χ0v) is 16.9. The van der Waals surface area contributed by atoms with Gasteiger partial charge in [0, 0.05) is 25.2 Å². The fraction of sp³-hybridized carbons (Fsp3) is 0.316. The van der Waals surface area contributed by atoms with Gasteiger partial charge in [-0.15, -0.1) is 0 Å². The lowest BCUT2D eigenvalue weighted by Gasteiger charge is -2.23. The van der Waals surface area contributed by atoms with Gasteiger partial charge in [-0.1, -0.05) is 11.6 Å². The predicted molar refractivity (Wildman–Crippen MR) is 108 cm³/mol. The van der Waals surface area contributed by atoms with Crippen LogP contribution in [0.2, 0.25) is 5.02 Å². The molecule has 1 fully saturated rings. The third-order valence-electron chi connectivity index (χ3n) is 4.57. The molecule has 9 heteroatoms. The van der Waals surface area contributed by atoms with E-state index in [9.17, 15) is 17.6 Å². The Morgan fingerprint density at radius 2 is 1.82 bits per heavy atom. The second-order valence-electron chi connectivity index (χ2n) is 6.62. The van der Waals surface area contributed by atoms with Gasteiger partial charge in [0.1, 0.15) is 5.82 Å². The van der Waals surface area contributed by atoms with E-state index in [-0.39, 0.29) is 11.4 Å². The van der Waals surface area contributed by atoms with Crippen LogP contribution in [0.25, 0.3) is 0 Å². The Balaban J connectivity index is 1.73. The van der Waals surface area contributed by atoms with E-state index in [1.165, 1.54) is 19.2 Å². The quantitative estimate of drug-likeness (QED) is 0.770. The number of hydrogen-bond donors (Lipinski definition) is 1. The number of sulfonamides is 1. The average molecular weight is 426 g/mol. The molecular formula is C19H21ClFN3O3S. The molecule has 2 aromatic carbocycles. The number of hydrogen-bond acceptors (Lipinski definition) is 4. The summed E-state index contributed by atoms with van der Waals surface area (Å²) in [6.45, 7) is 1.40. The number of likely N-dealkylation sites (N-methyl/N-ethyl adjacent to an activating group) is 1. The summed E-state index contributed by atoms with van der Waals surface area (Å²) in [7, 11) is -2.60. The number of anilines is 2. The summed E-state index contributed by atoms with van der Waals surface area (Å²) < 4.78 is 39.1. The standard InChI is InChI=1S/C19H21ClFN3O3S/c1-23(28(26,27)16-7-5-15(21)6-8-16)13-19(25)22-17-12-14(20)4-9-18(17)24-10-2-3-11-24/h4-9,12H,2-3,10-11,13H2,1H3,(H,22,25). The van der Waals surface area contributed by atoms with Crippen molar-refractivity contribution in [3.63, 3.8) is 0 Å². The normalized spacial score (nSPS) is 14.5. The third kappa shape index (κ3) is 4.63. The fourth-order valence-corrected chi connectivity index (χ4v) is 4.40. The summed E-state index contributed by atoms with van der Waals surface area (Å²) >= 11 is 6.07. The second-order valence-corrected chi connectivity index (χ2v) is 9.10. The highest BCUT2D eigenvalue weighted by molar-refractivity contribution is 7.89. The number of benzene rings is 2.